The van der Waals surface area contributed by atoms with E-state index in [1.54, 1.807) is 13.1 Å². The SMILES string of the molecule is CCCCN(CC1CCCN1)c1ccc(C(=O)NC)nn1. The molecule has 1 fully saturated rings. The predicted molar refractivity (Wildman–Crippen MR) is 83.6 cm³/mol. The third-order valence-electron chi connectivity index (χ3n) is 3.82. The van der Waals surface area contributed by atoms with E-state index in [1.807, 2.05) is 6.07 Å². The summed E-state index contributed by atoms with van der Waals surface area (Å²) < 4.78 is 0. The number of carbonyl (C=O) groups is 1. The third kappa shape index (κ3) is 4.39. The standard InChI is InChI=1S/C15H25N5O/c1-3-4-10-20(11-12-6-5-9-17-12)14-8-7-13(18-19-14)15(21)16-2/h7-8,12,17H,3-6,9-11H2,1-2H3,(H,16,21). The van der Waals surface area contributed by atoms with E-state index in [4.69, 9.17) is 0 Å². The first-order valence-corrected chi connectivity index (χ1v) is 7.78. The lowest BCUT2D eigenvalue weighted by Gasteiger charge is -2.26. The largest absolute Gasteiger partial charge is 0.354 e. The number of amides is 1. The van der Waals surface area contributed by atoms with Crippen molar-refractivity contribution >= 4 is 11.7 Å². The van der Waals surface area contributed by atoms with Crippen LogP contribution < -0.4 is 15.5 Å². The number of unbranched alkanes of at least 4 members (excludes halogenated alkanes) is 1. The van der Waals surface area contributed by atoms with Gasteiger partial charge < -0.3 is 15.5 Å². The Morgan fingerprint density at radius 1 is 1.48 bits per heavy atom. The number of hydrogen-bond acceptors (Lipinski definition) is 5. The average Bonchev–Trinajstić information content (AvgIpc) is 3.04. The fourth-order valence-electron chi connectivity index (χ4n) is 2.57. The van der Waals surface area contributed by atoms with E-state index in [0.717, 1.165) is 38.3 Å². The van der Waals surface area contributed by atoms with E-state index in [9.17, 15) is 4.79 Å². The van der Waals surface area contributed by atoms with E-state index in [2.05, 4.69) is 32.7 Å². The second kappa shape index (κ2) is 7.93. The van der Waals surface area contributed by atoms with Crippen LogP contribution in [-0.4, -0.2) is 48.8 Å². The summed E-state index contributed by atoms with van der Waals surface area (Å²) >= 11 is 0. The maximum absolute atomic E-state index is 11.5. The van der Waals surface area contributed by atoms with Gasteiger partial charge in [0.15, 0.2) is 11.5 Å². The minimum atomic E-state index is -0.202. The Morgan fingerprint density at radius 3 is 2.90 bits per heavy atom. The molecule has 0 aliphatic carbocycles. The normalized spacial score (nSPS) is 17.7. The van der Waals surface area contributed by atoms with Crippen LogP contribution in [-0.2, 0) is 0 Å². The van der Waals surface area contributed by atoms with Gasteiger partial charge in [-0.3, -0.25) is 4.79 Å². The highest BCUT2D eigenvalue weighted by Crippen LogP contribution is 2.15. The number of rotatable bonds is 7. The lowest BCUT2D eigenvalue weighted by atomic mass is 10.2. The first-order chi connectivity index (χ1) is 10.2. The summed E-state index contributed by atoms with van der Waals surface area (Å²) in [5.74, 6) is 0.649. The monoisotopic (exact) mass is 291 g/mol. The number of hydrogen-bond donors (Lipinski definition) is 2. The second-order valence-corrected chi connectivity index (χ2v) is 5.45. The zero-order valence-corrected chi connectivity index (χ0v) is 12.9. The van der Waals surface area contributed by atoms with Gasteiger partial charge >= 0.3 is 0 Å². The Balaban J connectivity index is 2.05. The zero-order valence-electron chi connectivity index (χ0n) is 12.9. The number of anilines is 1. The van der Waals surface area contributed by atoms with Crippen molar-refractivity contribution in [2.24, 2.45) is 0 Å². The Morgan fingerprint density at radius 2 is 2.33 bits per heavy atom. The minimum absolute atomic E-state index is 0.202. The third-order valence-corrected chi connectivity index (χ3v) is 3.82. The van der Waals surface area contributed by atoms with Crippen molar-refractivity contribution in [3.63, 3.8) is 0 Å². The quantitative estimate of drug-likeness (QED) is 0.790. The van der Waals surface area contributed by atoms with Gasteiger partial charge in [0.25, 0.3) is 5.91 Å². The van der Waals surface area contributed by atoms with E-state index in [-0.39, 0.29) is 5.91 Å². The van der Waals surface area contributed by atoms with Crippen LogP contribution in [0, 0.1) is 0 Å². The fourth-order valence-corrected chi connectivity index (χ4v) is 2.57. The van der Waals surface area contributed by atoms with Crippen molar-refractivity contribution in [2.75, 3.05) is 31.6 Å². The number of aromatic nitrogens is 2. The highest BCUT2D eigenvalue weighted by atomic mass is 16.1. The summed E-state index contributed by atoms with van der Waals surface area (Å²) in [6.07, 6.45) is 4.74. The molecule has 6 heteroatoms. The summed E-state index contributed by atoms with van der Waals surface area (Å²) in [6, 6.07) is 4.16. The summed E-state index contributed by atoms with van der Waals surface area (Å²) in [7, 11) is 1.59. The molecule has 0 spiro atoms. The van der Waals surface area contributed by atoms with Crippen LogP contribution in [0.15, 0.2) is 12.1 Å². The summed E-state index contributed by atoms with van der Waals surface area (Å²) in [5, 5.41) is 14.3. The van der Waals surface area contributed by atoms with Crippen molar-refractivity contribution in [1.29, 1.82) is 0 Å². The van der Waals surface area contributed by atoms with Gasteiger partial charge in [-0.2, -0.15) is 0 Å². The molecule has 0 saturated carbocycles. The van der Waals surface area contributed by atoms with E-state index < -0.39 is 0 Å². The predicted octanol–water partition coefficient (Wildman–Crippen LogP) is 1.19. The van der Waals surface area contributed by atoms with Gasteiger partial charge in [0, 0.05) is 26.2 Å². The van der Waals surface area contributed by atoms with Crippen LogP contribution in [0.3, 0.4) is 0 Å². The molecule has 1 aliphatic rings. The lowest BCUT2D eigenvalue weighted by Crippen LogP contribution is -2.38. The summed E-state index contributed by atoms with van der Waals surface area (Å²) in [4.78, 5) is 13.8. The molecule has 2 rings (SSSR count). The molecule has 1 atom stereocenters. The van der Waals surface area contributed by atoms with Gasteiger partial charge in [-0.25, -0.2) is 0 Å². The molecule has 2 heterocycles. The molecular formula is C15H25N5O. The Kier molecular flexibility index (Phi) is 5.92. The van der Waals surface area contributed by atoms with Gasteiger partial charge in [0.2, 0.25) is 0 Å². The summed E-state index contributed by atoms with van der Waals surface area (Å²) in [6.45, 7) is 5.22. The van der Waals surface area contributed by atoms with Gasteiger partial charge in [-0.15, -0.1) is 10.2 Å². The highest BCUT2D eigenvalue weighted by Gasteiger charge is 2.19. The smallest absolute Gasteiger partial charge is 0.271 e. The molecule has 1 saturated heterocycles. The molecule has 1 aromatic heterocycles. The van der Waals surface area contributed by atoms with Crippen molar-refractivity contribution in [1.82, 2.24) is 20.8 Å². The second-order valence-electron chi connectivity index (χ2n) is 5.45. The maximum Gasteiger partial charge on any atom is 0.271 e. The van der Waals surface area contributed by atoms with Gasteiger partial charge in [0.1, 0.15) is 0 Å². The van der Waals surface area contributed by atoms with E-state index >= 15 is 0 Å². The molecule has 6 nitrogen and oxygen atoms in total. The molecule has 1 aliphatic heterocycles. The number of nitrogens with zero attached hydrogens (tertiary/aromatic N) is 3. The molecule has 1 amide bonds. The number of carbonyl (C=O) groups excluding carboxylic acids is 1. The Labute approximate surface area is 126 Å². The molecule has 2 N–H and O–H groups in total. The van der Waals surface area contributed by atoms with Crippen LogP contribution in [0.25, 0.3) is 0 Å². The molecule has 21 heavy (non-hydrogen) atoms. The van der Waals surface area contributed by atoms with Crippen molar-refractivity contribution in [2.45, 2.75) is 38.6 Å². The van der Waals surface area contributed by atoms with Gasteiger partial charge in [-0.1, -0.05) is 13.3 Å². The molecule has 116 valence electrons. The average molecular weight is 291 g/mol. The minimum Gasteiger partial charge on any atom is -0.354 e. The number of nitrogens with one attached hydrogen (secondary N) is 2. The van der Waals surface area contributed by atoms with Crippen molar-refractivity contribution in [3.8, 4) is 0 Å². The topological polar surface area (TPSA) is 70.2 Å². The highest BCUT2D eigenvalue weighted by molar-refractivity contribution is 5.91. The van der Waals surface area contributed by atoms with Crippen LogP contribution in [0.4, 0.5) is 5.82 Å². The fraction of sp³-hybridized carbons (Fsp3) is 0.667. The molecular weight excluding hydrogens is 266 g/mol. The first kappa shape index (κ1) is 15.7. The van der Waals surface area contributed by atoms with Gasteiger partial charge in [0.05, 0.1) is 0 Å². The van der Waals surface area contributed by atoms with Crippen molar-refractivity contribution < 1.29 is 4.79 Å². The molecule has 1 unspecified atom stereocenters. The van der Waals surface area contributed by atoms with Gasteiger partial charge in [-0.05, 0) is 37.9 Å². The molecule has 1 aromatic rings. The first-order valence-electron chi connectivity index (χ1n) is 7.78. The summed E-state index contributed by atoms with van der Waals surface area (Å²) in [5.41, 5.74) is 0.357. The zero-order chi connectivity index (χ0) is 15.1. The van der Waals surface area contributed by atoms with Crippen LogP contribution in [0.2, 0.25) is 0 Å². The molecule has 0 aromatic carbocycles. The Hall–Kier alpha value is -1.69. The van der Waals surface area contributed by atoms with E-state index in [0.29, 0.717) is 11.7 Å². The van der Waals surface area contributed by atoms with Crippen LogP contribution in [0.1, 0.15) is 43.1 Å². The van der Waals surface area contributed by atoms with Crippen molar-refractivity contribution in [3.05, 3.63) is 17.8 Å². The molecule has 0 bridgehead atoms. The van der Waals surface area contributed by atoms with Crippen LogP contribution >= 0.6 is 0 Å². The van der Waals surface area contributed by atoms with E-state index in [1.165, 1.54) is 12.8 Å². The van der Waals surface area contributed by atoms with Crippen LogP contribution in [0.5, 0.6) is 0 Å². The Bertz CT molecular complexity index is 442. The molecule has 0 radical (unpaired) electrons. The lowest BCUT2D eigenvalue weighted by molar-refractivity contribution is 0.0957. The maximum atomic E-state index is 11.5.